The average molecular weight is 135 g/mol. The number of nitrogens with zero attached hydrogens (tertiary/aromatic N) is 2. The van der Waals surface area contributed by atoms with Crippen LogP contribution < -0.4 is 5.73 Å². The molecule has 2 rings (SSSR count). The maximum Gasteiger partial charge on any atom is 0.231 e. The fourth-order valence-electron chi connectivity index (χ4n) is 0.804. The van der Waals surface area contributed by atoms with Crippen LogP contribution in [-0.4, -0.2) is 10.1 Å². The molecule has 0 aromatic carbocycles. The highest BCUT2D eigenvalue weighted by Gasteiger charge is 2.01. The van der Waals surface area contributed by atoms with E-state index in [2.05, 4.69) is 10.1 Å². The summed E-state index contributed by atoms with van der Waals surface area (Å²) < 4.78 is 4.70. The molecule has 0 aliphatic carbocycles. The normalized spacial score (nSPS) is 10.4. The quantitative estimate of drug-likeness (QED) is 0.580. The second-order valence-electron chi connectivity index (χ2n) is 1.94. The molecule has 2 heterocycles. The number of anilines is 1. The second-order valence-corrected chi connectivity index (χ2v) is 1.94. The van der Waals surface area contributed by atoms with Gasteiger partial charge < -0.3 is 10.3 Å². The zero-order valence-electron chi connectivity index (χ0n) is 5.11. The third kappa shape index (κ3) is 0.556. The first-order chi connectivity index (χ1) is 4.88. The number of nitrogen functional groups attached to an aromatic ring is 1. The van der Waals surface area contributed by atoms with Crippen molar-refractivity contribution in [3.8, 4) is 0 Å². The number of rotatable bonds is 0. The van der Waals surface area contributed by atoms with Gasteiger partial charge in [0, 0.05) is 12.4 Å². The molecule has 50 valence electrons. The first-order valence-corrected chi connectivity index (χ1v) is 2.83. The number of nitrogens with two attached hydrogens (primary N) is 1. The molecule has 2 aromatic rings. The number of fused-ring (bicyclic) bond motifs is 1. The zero-order valence-corrected chi connectivity index (χ0v) is 5.11. The van der Waals surface area contributed by atoms with Crippen LogP contribution in [0.5, 0.6) is 0 Å². The lowest BCUT2D eigenvalue weighted by Gasteiger charge is -1.81. The van der Waals surface area contributed by atoms with Crippen LogP contribution in [0.25, 0.3) is 10.9 Å². The van der Waals surface area contributed by atoms with E-state index >= 15 is 0 Å². The summed E-state index contributed by atoms with van der Waals surface area (Å²) in [4.78, 5) is 3.87. The Morgan fingerprint density at radius 2 is 2.40 bits per heavy atom. The SMILES string of the molecule is Nc1onc2ccncc12. The molecule has 0 saturated heterocycles. The van der Waals surface area contributed by atoms with Crippen molar-refractivity contribution < 1.29 is 4.52 Å². The highest BCUT2D eigenvalue weighted by Crippen LogP contribution is 2.17. The van der Waals surface area contributed by atoms with Crippen LogP contribution in [-0.2, 0) is 0 Å². The standard InChI is InChI=1S/C6H5N3O/c7-6-4-3-8-2-1-5(4)9-10-6/h1-3H,7H2. The van der Waals surface area contributed by atoms with E-state index in [1.54, 1.807) is 18.5 Å². The van der Waals surface area contributed by atoms with Gasteiger partial charge in [0.05, 0.1) is 5.39 Å². The summed E-state index contributed by atoms with van der Waals surface area (Å²) in [6.07, 6.45) is 3.27. The van der Waals surface area contributed by atoms with Crippen LogP contribution in [0.1, 0.15) is 0 Å². The summed E-state index contributed by atoms with van der Waals surface area (Å²) in [6.45, 7) is 0. The second kappa shape index (κ2) is 1.70. The van der Waals surface area contributed by atoms with Crippen LogP contribution in [0, 0.1) is 0 Å². The Balaban J connectivity index is 2.93. The highest BCUT2D eigenvalue weighted by atomic mass is 16.5. The third-order valence-corrected chi connectivity index (χ3v) is 1.31. The first kappa shape index (κ1) is 5.22. The van der Waals surface area contributed by atoms with Crippen molar-refractivity contribution in [2.24, 2.45) is 0 Å². The molecule has 0 aliphatic heterocycles. The zero-order chi connectivity index (χ0) is 6.97. The van der Waals surface area contributed by atoms with Gasteiger partial charge in [0.1, 0.15) is 5.52 Å². The first-order valence-electron chi connectivity index (χ1n) is 2.83. The van der Waals surface area contributed by atoms with Gasteiger partial charge in [-0.05, 0) is 6.07 Å². The van der Waals surface area contributed by atoms with E-state index in [1.165, 1.54) is 0 Å². The summed E-state index contributed by atoms with van der Waals surface area (Å²) in [7, 11) is 0. The third-order valence-electron chi connectivity index (χ3n) is 1.31. The Hall–Kier alpha value is -1.58. The van der Waals surface area contributed by atoms with Gasteiger partial charge in [-0.25, -0.2) is 0 Å². The molecule has 0 amide bonds. The summed E-state index contributed by atoms with van der Waals surface area (Å²) in [5.74, 6) is 0.322. The molecule has 0 spiro atoms. The van der Waals surface area contributed by atoms with Crippen molar-refractivity contribution in [3.05, 3.63) is 18.5 Å². The van der Waals surface area contributed by atoms with Crippen LogP contribution in [0.15, 0.2) is 23.0 Å². The maximum atomic E-state index is 5.41. The Morgan fingerprint density at radius 3 is 3.20 bits per heavy atom. The van der Waals surface area contributed by atoms with E-state index < -0.39 is 0 Å². The molecule has 0 aliphatic rings. The molecule has 0 unspecified atom stereocenters. The highest BCUT2D eigenvalue weighted by molar-refractivity contribution is 5.85. The van der Waals surface area contributed by atoms with E-state index in [1.807, 2.05) is 0 Å². The summed E-state index contributed by atoms with van der Waals surface area (Å²) in [6, 6.07) is 1.75. The van der Waals surface area contributed by atoms with Crippen molar-refractivity contribution >= 4 is 16.8 Å². The van der Waals surface area contributed by atoms with Gasteiger partial charge in [-0.2, -0.15) is 0 Å². The lowest BCUT2D eigenvalue weighted by Crippen LogP contribution is -1.79. The molecule has 0 saturated carbocycles. The molecular weight excluding hydrogens is 130 g/mol. The minimum atomic E-state index is 0.322. The molecule has 0 atom stereocenters. The molecule has 0 radical (unpaired) electrons. The van der Waals surface area contributed by atoms with Crippen LogP contribution in [0.3, 0.4) is 0 Å². The van der Waals surface area contributed by atoms with Crippen molar-refractivity contribution in [3.63, 3.8) is 0 Å². The van der Waals surface area contributed by atoms with Crippen LogP contribution >= 0.6 is 0 Å². The van der Waals surface area contributed by atoms with Gasteiger partial charge in [0.2, 0.25) is 5.88 Å². The Labute approximate surface area is 56.6 Å². The fourth-order valence-corrected chi connectivity index (χ4v) is 0.804. The summed E-state index contributed by atoms with van der Waals surface area (Å²) in [5, 5.41) is 4.44. The molecule has 2 aromatic heterocycles. The smallest absolute Gasteiger partial charge is 0.231 e. The average Bonchev–Trinajstić information content (AvgIpc) is 2.34. The van der Waals surface area contributed by atoms with E-state index in [0.29, 0.717) is 5.88 Å². The predicted octanol–water partition coefficient (Wildman–Crippen LogP) is 0.805. The van der Waals surface area contributed by atoms with Crippen LogP contribution in [0.4, 0.5) is 5.88 Å². The lowest BCUT2D eigenvalue weighted by molar-refractivity contribution is 0.445. The number of hydrogen-bond acceptors (Lipinski definition) is 4. The van der Waals surface area contributed by atoms with Gasteiger partial charge in [0.25, 0.3) is 0 Å². The fraction of sp³-hybridized carbons (Fsp3) is 0. The molecular formula is C6H5N3O. The maximum absolute atomic E-state index is 5.41. The largest absolute Gasteiger partial charge is 0.367 e. The molecule has 0 bridgehead atoms. The van der Waals surface area contributed by atoms with E-state index in [-0.39, 0.29) is 0 Å². The molecule has 2 N–H and O–H groups in total. The van der Waals surface area contributed by atoms with Gasteiger partial charge in [0.15, 0.2) is 0 Å². The van der Waals surface area contributed by atoms with Gasteiger partial charge in [-0.3, -0.25) is 4.98 Å². The number of hydrogen-bond donors (Lipinski definition) is 1. The van der Waals surface area contributed by atoms with Gasteiger partial charge >= 0.3 is 0 Å². The van der Waals surface area contributed by atoms with Gasteiger partial charge in [-0.15, -0.1) is 0 Å². The Kier molecular flexibility index (Phi) is 0.887. The predicted molar refractivity (Wildman–Crippen MR) is 36.2 cm³/mol. The monoisotopic (exact) mass is 135 g/mol. The number of pyridine rings is 1. The van der Waals surface area contributed by atoms with Crippen molar-refractivity contribution in [2.75, 3.05) is 5.73 Å². The van der Waals surface area contributed by atoms with Crippen molar-refractivity contribution in [1.82, 2.24) is 10.1 Å². The summed E-state index contributed by atoms with van der Waals surface area (Å²) in [5.41, 5.74) is 6.15. The Morgan fingerprint density at radius 1 is 1.50 bits per heavy atom. The molecule has 4 nitrogen and oxygen atoms in total. The van der Waals surface area contributed by atoms with E-state index in [9.17, 15) is 0 Å². The van der Waals surface area contributed by atoms with Crippen molar-refractivity contribution in [1.29, 1.82) is 0 Å². The van der Waals surface area contributed by atoms with Crippen LogP contribution in [0.2, 0.25) is 0 Å². The minimum absolute atomic E-state index is 0.322. The molecule has 4 heteroatoms. The summed E-state index contributed by atoms with van der Waals surface area (Å²) >= 11 is 0. The van der Waals surface area contributed by atoms with Gasteiger partial charge in [-0.1, -0.05) is 5.16 Å². The minimum Gasteiger partial charge on any atom is -0.367 e. The topological polar surface area (TPSA) is 64.9 Å². The lowest BCUT2D eigenvalue weighted by atomic mass is 10.3. The van der Waals surface area contributed by atoms with E-state index in [0.717, 1.165) is 10.9 Å². The molecule has 0 fully saturated rings. The number of aromatic nitrogens is 2. The van der Waals surface area contributed by atoms with E-state index in [4.69, 9.17) is 10.3 Å². The van der Waals surface area contributed by atoms with Crippen molar-refractivity contribution in [2.45, 2.75) is 0 Å². The molecule has 10 heavy (non-hydrogen) atoms. The Bertz CT molecular complexity index is 355.